The van der Waals surface area contributed by atoms with E-state index in [1.807, 2.05) is 0 Å². The highest BCUT2D eigenvalue weighted by Crippen LogP contribution is 2.35. The van der Waals surface area contributed by atoms with E-state index in [4.69, 9.17) is 16.3 Å². The lowest BCUT2D eigenvalue weighted by Crippen LogP contribution is -2.09. The lowest BCUT2D eigenvalue weighted by Gasteiger charge is -2.12. The average Bonchev–Trinajstić information content (AvgIpc) is 3.07. The third-order valence-corrected chi connectivity index (χ3v) is 4.05. The first kappa shape index (κ1) is 19.9. The highest BCUT2D eigenvalue weighted by molar-refractivity contribution is 6.30. The second kappa shape index (κ2) is 7.63. The van der Waals surface area contributed by atoms with Crippen LogP contribution in [-0.4, -0.2) is 22.4 Å². The summed E-state index contributed by atoms with van der Waals surface area (Å²) in [5.41, 5.74) is -0.931. The molecule has 3 rings (SSSR count). The molecule has 0 unspecified atom stereocenters. The maximum atomic E-state index is 13.7. The van der Waals surface area contributed by atoms with Crippen LogP contribution in [0.1, 0.15) is 23.0 Å². The Labute approximate surface area is 162 Å². The molecule has 146 valence electrons. The molecule has 3 aromatic rings. The third-order valence-electron chi connectivity index (χ3n) is 3.81. The Morgan fingerprint density at radius 3 is 2.57 bits per heavy atom. The second-order valence-corrected chi connectivity index (χ2v) is 6.16. The van der Waals surface area contributed by atoms with Crippen LogP contribution >= 0.6 is 11.6 Å². The molecule has 0 saturated heterocycles. The summed E-state index contributed by atoms with van der Waals surface area (Å²) in [7, 11) is 0. The third kappa shape index (κ3) is 4.01. The number of halogens is 5. The van der Waals surface area contributed by atoms with Crippen molar-refractivity contribution in [2.45, 2.75) is 13.1 Å². The Balaban J connectivity index is 2.21. The number of rotatable bonds is 4. The number of aromatic nitrogens is 2. The molecular weight excluding hydrogens is 400 g/mol. The van der Waals surface area contributed by atoms with E-state index in [1.54, 1.807) is 25.1 Å². The molecule has 9 heteroatoms. The fraction of sp³-hybridized carbons (Fsp3) is 0.158. The standard InChI is InChI=1S/C19H13ClF4N2O2/c1-2-28-18(27)16-10-17(26(25-16)13-5-3-4-12(20)9-13)11-6-7-15(21)14(8-11)19(22,23)24/h3-10H,2H2,1H3. The maximum Gasteiger partial charge on any atom is 0.419 e. The molecule has 1 heterocycles. The molecule has 0 fully saturated rings. The van der Waals surface area contributed by atoms with Crippen LogP contribution in [0.4, 0.5) is 17.6 Å². The summed E-state index contributed by atoms with van der Waals surface area (Å²) in [5, 5.41) is 4.51. The first-order chi connectivity index (χ1) is 13.2. The predicted molar refractivity (Wildman–Crippen MR) is 94.9 cm³/mol. The van der Waals surface area contributed by atoms with Crippen molar-refractivity contribution in [2.75, 3.05) is 6.61 Å². The van der Waals surface area contributed by atoms with Gasteiger partial charge in [0.1, 0.15) is 5.82 Å². The number of carbonyl (C=O) groups excluding carboxylic acids is 1. The topological polar surface area (TPSA) is 44.1 Å². The molecule has 0 atom stereocenters. The Morgan fingerprint density at radius 1 is 1.18 bits per heavy atom. The van der Waals surface area contributed by atoms with Crippen molar-refractivity contribution in [2.24, 2.45) is 0 Å². The van der Waals surface area contributed by atoms with Crippen LogP contribution in [0.2, 0.25) is 5.02 Å². The summed E-state index contributed by atoms with van der Waals surface area (Å²) in [6.07, 6.45) is -4.87. The number of hydrogen-bond donors (Lipinski definition) is 0. The Morgan fingerprint density at radius 2 is 1.93 bits per heavy atom. The Bertz CT molecular complexity index is 1030. The van der Waals surface area contributed by atoms with Crippen molar-refractivity contribution in [1.82, 2.24) is 9.78 Å². The van der Waals surface area contributed by atoms with Crippen molar-refractivity contribution in [3.8, 4) is 16.9 Å². The van der Waals surface area contributed by atoms with E-state index in [9.17, 15) is 22.4 Å². The molecule has 0 saturated carbocycles. The monoisotopic (exact) mass is 412 g/mol. The number of nitrogens with zero attached hydrogens (tertiary/aromatic N) is 2. The fourth-order valence-electron chi connectivity index (χ4n) is 2.60. The van der Waals surface area contributed by atoms with Crippen molar-refractivity contribution < 1.29 is 27.1 Å². The van der Waals surface area contributed by atoms with Gasteiger partial charge in [-0.3, -0.25) is 0 Å². The van der Waals surface area contributed by atoms with Crippen LogP contribution in [-0.2, 0) is 10.9 Å². The van der Waals surface area contributed by atoms with Crippen LogP contribution in [0.15, 0.2) is 48.5 Å². The molecule has 0 amide bonds. The molecule has 2 aromatic carbocycles. The van der Waals surface area contributed by atoms with Crippen molar-refractivity contribution in [3.05, 3.63) is 70.6 Å². The molecule has 28 heavy (non-hydrogen) atoms. The van der Waals surface area contributed by atoms with Gasteiger partial charge in [-0.05, 0) is 49.4 Å². The predicted octanol–water partition coefficient (Wildman–Crippen LogP) is 5.53. The molecule has 0 aliphatic heterocycles. The van der Waals surface area contributed by atoms with Gasteiger partial charge >= 0.3 is 12.1 Å². The minimum atomic E-state index is -4.87. The van der Waals surface area contributed by atoms with Gasteiger partial charge in [0.15, 0.2) is 5.69 Å². The Kier molecular flexibility index (Phi) is 5.42. The Hall–Kier alpha value is -2.87. The van der Waals surface area contributed by atoms with Crippen LogP contribution in [0.5, 0.6) is 0 Å². The summed E-state index contributed by atoms with van der Waals surface area (Å²) < 4.78 is 59.1. The zero-order valence-corrected chi connectivity index (χ0v) is 15.2. The zero-order valence-electron chi connectivity index (χ0n) is 14.4. The lowest BCUT2D eigenvalue weighted by molar-refractivity contribution is -0.139. The number of benzene rings is 2. The quantitative estimate of drug-likeness (QED) is 0.418. The van der Waals surface area contributed by atoms with Gasteiger partial charge in [-0.2, -0.15) is 18.3 Å². The average molecular weight is 413 g/mol. The van der Waals surface area contributed by atoms with Gasteiger partial charge in [-0.25, -0.2) is 13.9 Å². The van der Waals surface area contributed by atoms with Gasteiger partial charge in [-0.15, -0.1) is 0 Å². The largest absolute Gasteiger partial charge is 0.461 e. The molecule has 0 bridgehead atoms. The summed E-state index contributed by atoms with van der Waals surface area (Å²) in [6, 6.07) is 10.2. The molecule has 0 aliphatic rings. The SMILES string of the molecule is CCOC(=O)c1cc(-c2ccc(F)c(C(F)(F)F)c2)n(-c2cccc(Cl)c2)n1. The first-order valence-corrected chi connectivity index (χ1v) is 8.48. The van der Waals surface area contributed by atoms with Crippen molar-refractivity contribution in [1.29, 1.82) is 0 Å². The molecule has 0 N–H and O–H groups in total. The van der Waals surface area contributed by atoms with Crippen LogP contribution in [0, 0.1) is 5.82 Å². The van der Waals surface area contributed by atoms with E-state index >= 15 is 0 Å². The van der Waals surface area contributed by atoms with Crippen molar-refractivity contribution in [3.63, 3.8) is 0 Å². The molecule has 0 aliphatic carbocycles. The molecule has 1 aromatic heterocycles. The molecule has 0 spiro atoms. The summed E-state index contributed by atoms with van der Waals surface area (Å²) >= 11 is 5.99. The minimum Gasteiger partial charge on any atom is -0.461 e. The molecule has 0 radical (unpaired) electrons. The second-order valence-electron chi connectivity index (χ2n) is 5.72. The highest BCUT2D eigenvalue weighted by Gasteiger charge is 2.34. The number of ether oxygens (including phenoxy) is 1. The van der Waals surface area contributed by atoms with Gasteiger partial charge in [0.05, 0.1) is 23.6 Å². The van der Waals surface area contributed by atoms with Gasteiger partial charge < -0.3 is 4.74 Å². The lowest BCUT2D eigenvalue weighted by atomic mass is 10.1. The van der Waals surface area contributed by atoms with E-state index in [0.29, 0.717) is 16.8 Å². The van der Waals surface area contributed by atoms with Crippen LogP contribution < -0.4 is 0 Å². The summed E-state index contributed by atoms with van der Waals surface area (Å²) in [4.78, 5) is 12.1. The number of carbonyl (C=O) groups is 1. The summed E-state index contributed by atoms with van der Waals surface area (Å²) in [5.74, 6) is -2.13. The highest BCUT2D eigenvalue weighted by atomic mass is 35.5. The summed E-state index contributed by atoms with van der Waals surface area (Å²) in [6.45, 7) is 1.72. The first-order valence-electron chi connectivity index (χ1n) is 8.11. The maximum absolute atomic E-state index is 13.7. The van der Waals surface area contributed by atoms with Crippen LogP contribution in [0.3, 0.4) is 0 Å². The molecule has 4 nitrogen and oxygen atoms in total. The number of alkyl halides is 3. The normalized spacial score (nSPS) is 11.5. The fourth-order valence-corrected chi connectivity index (χ4v) is 2.78. The van der Waals surface area contributed by atoms with E-state index in [-0.39, 0.29) is 23.6 Å². The van der Waals surface area contributed by atoms with Gasteiger partial charge in [-0.1, -0.05) is 17.7 Å². The van der Waals surface area contributed by atoms with Crippen molar-refractivity contribution >= 4 is 17.6 Å². The van der Waals surface area contributed by atoms with Gasteiger partial charge in [0.2, 0.25) is 0 Å². The van der Waals surface area contributed by atoms with E-state index < -0.39 is 23.5 Å². The zero-order chi connectivity index (χ0) is 20.5. The van der Waals surface area contributed by atoms with Gasteiger partial charge in [0, 0.05) is 10.6 Å². The van der Waals surface area contributed by atoms with Crippen LogP contribution in [0.25, 0.3) is 16.9 Å². The van der Waals surface area contributed by atoms with E-state index in [0.717, 1.165) is 6.07 Å². The number of esters is 1. The minimum absolute atomic E-state index is 0.0248. The molecular formula is C19H13ClF4N2O2. The smallest absolute Gasteiger partial charge is 0.419 e. The van der Waals surface area contributed by atoms with Gasteiger partial charge in [0.25, 0.3) is 0 Å². The van der Waals surface area contributed by atoms with E-state index in [1.165, 1.54) is 22.9 Å². The number of hydrogen-bond acceptors (Lipinski definition) is 3. The van der Waals surface area contributed by atoms with E-state index in [2.05, 4.69) is 5.10 Å².